The van der Waals surface area contributed by atoms with E-state index in [0.29, 0.717) is 10.4 Å². The number of unbranched alkanes of at least 4 members (excludes halogenated alkanes) is 1. The van der Waals surface area contributed by atoms with Crippen molar-refractivity contribution in [1.82, 2.24) is 0 Å². The molecule has 86 valence electrons. The third-order valence-corrected chi connectivity index (χ3v) is 3.79. The summed E-state index contributed by atoms with van der Waals surface area (Å²) >= 11 is 1.39. The van der Waals surface area contributed by atoms with Gasteiger partial charge in [0.25, 0.3) is 0 Å². The standard InChI is InChI=1S/C12H15NO2S/c1-4-5-6-10-9(7-13)8(2)11(16-10)12(14)15-3/h4-6H2,1-3H3. The van der Waals surface area contributed by atoms with E-state index in [1.54, 1.807) is 6.92 Å². The highest BCUT2D eigenvalue weighted by molar-refractivity contribution is 7.14. The van der Waals surface area contributed by atoms with Crippen LogP contribution in [0, 0.1) is 18.3 Å². The minimum absolute atomic E-state index is 0.346. The van der Waals surface area contributed by atoms with E-state index in [1.165, 1.54) is 18.4 Å². The fourth-order valence-corrected chi connectivity index (χ4v) is 2.74. The molecule has 0 spiro atoms. The molecule has 0 aliphatic rings. The largest absolute Gasteiger partial charge is 0.465 e. The number of carbonyl (C=O) groups is 1. The van der Waals surface area contributed by atoms with Crippen LogP contribution in [0.15, 0.2) is 0 Å². The van der Waals surface area contributed by atoms with Crippen LogP contribution in [0.4, 0.5) is 0 Å². The van der Waals surface area contributed by atoms with Crippen molar-refractivity contribution in [3.05, 3.63) is 20.9 Å². The Balaban J connectivity index is 3.11. The molecule has 0 radical (unpaired) electrons. The lowest BCUT2D eigenvalue weighted by Gasteiger charge is -1.95. The van der Waals surface area contributed by atoms with Gasteiger partial charge in [0, 0.05) is 4.88 Å². The number of carbonyl (C=O) groups excluding carboxylic acids is 1. The topological polar surface area (TPSA) is 50.1 Å². The van der Waals surface area contributed by atoms with Crippen LogP contribution >= 0.6 is 11.3 Å². The second-order valence-electron chi connectivity index (χ2n) is 3.56. The summed E-state index contributed by atoms with van der Waals surface area (Å²) < 4.78 is 4.70. The SMILES string of the molecule is CCCCc1sc(C(=O)OC)c(C)c1C#N. The fourth-order valence-electron chi connectivity index (χ4n) is 1.52. The van der Waals surface area contributed by atoms with Crippen molar-refractivity contribution in [2.24, 2.45) is 0 Å². The highest BCUT2D eigenvalue weighted by atomic mass is 32.1. The van der Waals surface area contributed by atoms with Gasteiger partial charge in [-0.2, -0.15) is 5.26 Å². The first-order valence-electron chi connectivity index (χ1n) is 5.26. The molecule has 16 heavy (non-hydrogen) atoms. The van der Waals surface area contributed by atoms with Crippen molar-refractivity contribution < 1.29 is 9.53 Å². The number of hydrogen-bond donors (Lipinski definition) is 0. The Morgan fingerprint density at radius 3 is 2.75 bits per heavy atom. The van der Waals surface area contributed by atoms with Crippen molar-refractivity contribution in [1.29, 1.82) is 5.26 Å². The van der Waals surface area contributed by atoms with E-state index >= 15 is 0 Å². The van der Waals surface area contributed by atoms with Gasteiger partial charge in [0.2, 0.25) is 0 Å². The summed E-state index contributed by atoms with van der Waals surface area (Å²) in [5, 5.41) is 9.07. The van der Waals surface area contributed by atoms with E-state index in [4.69, 9.17) is 10.00 Å². The summed E-state index contributed by atoms with van der Waals surface area (Å²) in [6.07, 6.45) is 2.98. The number of ether oxygens (including phenoxy) is 1. The van der Waals surface area contributed by atoms with E-state index in [1.807, 2.05) is 0 Å². The van der Waals surface area contributed by atoms with E-state index < -0.39 is 0 Å². The quantitative estimate of drug-likeness (QED) is 0.756. The van der Waals surface area contributed by atoms with Crippen LogP contribution in [0.1, 0.15) is 45.4 Å². The van der Waals surface area contributed by atoms with Gasteiger partial charge in [-0.1, -0.05) is 13.3 Å². The van der Waals surface area contributed by atoms with Gasteiger partial charge >= 0.3 is 5.97 Å². The van der Waals surface area contributed by atoms with E-state index in [-0.39, 0.29) is 5.97 Å². The van der Waals surface area contributed by atoms with Crippen LogP contribution in [0.3, 0.4) is 0 Å². The van der Waals surface area contributed by atoms with E-state index in [9.17, 15) is 4.79 Å². The van der Waals surface area contributed by atoms with Crippen LogP contribution in [-0.4, -0.2) is 13.1 Å². The van der Waals surface area contributed by atoms with Crippen molar-refractivity contribution in [2.75, 3.05) is 7.11 Å². The Labute approximate surface area is 99.7 Å². The third kappa shape index (κ3) is 2.42. The van der Waals surface area contributed by atoms with E-state index in [0.717, 1.165) is 29.7 Å². The van der Waals surface area contributed by atoms with Gasteiger partial charge in [-0.15, -0.1) is 11.3 Å². The van der Waals surface area contributed by atoms with Crippen molar-refractivity contribution in [3.63, 3.8) is 0 Å². The van der Waals surface area contributed by atoms with Gasteiger partial charge in [0.15, 0.2) is 0 Å². The molecule has 0 saturated heterocycles. The molecule has 1 rings (SSSR count). The number of rotatable bonds is 4. The molecule has 0 unspecified atom stereocenters. The van der Waals surface area contributed by atoms with Crippen LogP contribution in [0.2, 0.25) is 0 Å². The maximum absolute atomic E-state index is 11.5. The molecule has 0 saturated carbocycles. The lowest BCUT2D eigenvalue weighted by Crippen LogP contribution is -1.99. The Bertz CT molecular complexity index is 429. The van der Waals surface area contributed by atoms with Gasteiger partial charge in [0.1, 0.15) is 10.9 Å². The molecular formula is C12H15NO2S. The summed E-state index contributed by atoms with van der Waals surface area (Å²) in [5.74, 6) is -0.346. The predicted molar refractivity (Wildman–Crippen MR) is 63.7 cm³/mol. The molecule has 3 nitrogen and oxygen atoms in total. The molecule has 0 aromatic carbocycles. The Hall–Kier alpha value is -1.34. The van der Waals surface area contributed by atoms with Gasteiger partial charge in [-0.3, -0.25) is 0 Å². The van der Waals surface area contributed by atoms with Gasteiger partial charge in [-0.05, 0) is 25.3 Å². The normalized spacial score (nSPS) is 9.88. The number of thiophene rings is 1. The first-order chi connectivity index (χ1) is 7.65. The highest BCUT2D eigenvalue weighted by Crippen LogP contribution is 2.29. The number of nitriles is 1. The molecule has 0 fully saturated rings. The zero-order valence-electron chi connectivity index (χ0n) is 9.79. The zero-order valence-corrected chi connectivity index (χ0v) is 10.6. The first kappa shape index (κ1) is 12.7. The lowest BCUT2D eigenvalue weighted by atomic mass is 10.1. The van der Waals surface area contributed by atoms with Crippen LogP contribution in [-0.2, 0) is 11.2 Å². The molecule has 1 aromatic rings. The van der Waals surface area contributed by atoms with Crippen LogP contribution in [0.25, 0.3) is 0 Å². The summed E-state index contributed by atoms with van der Waals surface area (Å²) in [6.45, 7) is 3.91. The van der Waals surface area contributed by atoms with Crippen molar-refractivity contribution >= 4 is 17.3 Å². The van der Waals surface area contributed by atoms with Crippen molar-refractivity contribution in [2.45, 2.75) is 33.1 Å². The predicted octanol–water partition coefficient (Wildman–Crippen LogP) is 3.06. The first-order valence-corrected chi connectivity index (χ1v) is 6.08. The Kier molecular flexibility index (Phi) is 4.51. The number of esters is 1. The highest BCUT2D eigenvalue weighted by Gasteiger charge is 2.19. The second kappa shape index (κ2) is 5.66. The Morgan fingerprint density at radius 2 is 2.25 bits per heavy atom. The van der Waals surface area contributed by atoms with Gasteiger partial charge in [0.05, 0.1) is 12.7 Å². The monoisotopic (exact) mass is 237 g/mol. The molecule has 1 aromatic heterocycles. The smallest absolute Gasteiger partial charge is 0.348 e. The van der Waals surface area contributed by atoms with Crippen molar-refractivity contribution in [3.8, 4) is 6.07 Å². The number of methoxy groups -OCH3 is 1. The minimum Gasteiger partial charge on any atom is -0.465 e. The average molecular weight is 237 g/mol. The van der Waals surface area contributed by atoms with Crippen LogP contribution < -0.4 is 0 Å². The maximum Gasteiger partial charge on any atom is 0.348 e. The molecule has 0 N–H and O–H groups in total. The number of hydrogen-bond acceptors (Lipinski definition) is 4. The zero-order chi connectivity index (χ0) is 12.1. The maximum atomic E-state index is 11.5. The second-order valence-corrected chi connectivity index (χ2v) is 4.67. The number of aryl methyl sites for hydroxylation is 1. The minimum atomic E-state index is -0.346. The number of nitrogens with zero attached hydrogens (tertiary/aromatic N) is 1. The summed E-state index contributed by atoms with van der Waals surface area (Å²) in [7, 11) is 1.36. The molecule has 0 amide bonds. The molecule has 1 heterocycles. The molecule has 0 aliphatic heterocycles. The average Bonchev–Trinajstić information content (AvgIpc) is 2.62. The Morgan fingerprint density at radius 1 is 1.56 bits per heavy atom. The lowest BCUT2D eigenvalue weighted by molar-refractivity contribution is 0.0605. The molecule has 4 heteroatoms. The van der Waals surface area contributed by atoms with Gasteiger partial charge in [-0.25, -0.2) is 4.79 Å². The molecule has 0 atom stereocenters. The summed E-state index contributed by atoms with van der Waals surface area (Å²) in [6, 6.07) is 2.17. The molecule has 0 bridgehead atoms. The summed E-state index contributed by atoms with van der Waals surface area (Å²) in [5.41, 5.74) is 1.41. The van der Waals surface area contributed by atoms with Gasteiger partial charge < -0.3 is 4.74 Å². The van der Waals surface area contributed by atoms with E-state index in [2.05, 4.69) is 13.0 Å². The molecular weight excluding hydrogens is 222 g/mol. The molecule has 0 aliphatic carbocycles. The summed E-state index contributed by atoms with van der Waals surface area (Å²) in [4.78, 5) is 13.0. The third-order valence-electron chi connectivity index (χ3n) is 2.46. The fraction of sp³-hybridized carbons (Fsp3) is 0.500. The van der Waals surface area contributed by atoms with Crippen LogP contribution in [0.5, 0.6) is 0 Å².